The zero-order valence-electron chi connectivity index (χ0n) is 11.7. The fourth-order valence-corrected chi connectivity index (χ4v) is 2.50. The van der Waals surface area contributed by atoms with Gasteiger partial charge in [0.25, 0.3) is 5.91 Å². The van der Waals surface area contributed by atoms with Crippen molar-refractivity contribution < 1.29 is 19.7 Å². The highest BCUT2D eigenvalue weighted by molar-refractivity contribution is 5.95. The fraction of sp³-hybridized carbons (Fsp3) is 0.533. The van der Waals surface area contributed by atoms with Gasteiger partial charge < -0.3 is 19.8 Å². The monoisotopic (exact) mass is 279 g/mol. The van der Waals surface area contributed by atoms with Gasteiger partial charge in [0.05, 0.1) is 19.3 Å². The van der Waals surface area contributed by atoms with Gasteiger partial charge in [0, 0.05) is 18.7 Å². The number of aliphatic hydroxyl groups excluding tert-OH is 1. The van der Waals surface area contributed by atoms with Gasteiger partial charge in [0.2, 0.25) is 0 Å². The number of benzene rings is 1. The van der Waals surface area contributed by atoms with E-state index < -0.39 is 0 Å². The summed E-state index contributed by atoms with van der Waals surface area (Å²) in [5.41, 5.74) is 1.42. The number of nitrogens with zero attached hydrogens (tertiary/aromatic N) is 1. The Morgan fingerprint density at radius 3 is 2.70 bits per heavy atom. The summed E-state index contributed by atoms with van der Waals surface area (Å²) in [5, 5.41) is 18.1. The quantitative estimate of drug-likeness (QED) is 0.872. The molecule has 20 heavy (non-hydrogen) atoms. The van der Waals surface area contributed by atoms with Crippen LogP contribution >= 0.6 is 0 Å². The molecule has 0 atom stereocenters. The Bertz CT molecular complexity index is 467. The number of carbonyl (C=O) groups is 1. The molecule has 5 nitrogen and oxygen atoms in total. The number of rotatable bonds is 4. The summed E-state index contributed by atoms with van der Waals surface area (Å²) in [5.74, 6) is 0.179. The molecule has 110 valence electrons. The van der Waals surface area contributed by atoms with Crippen molar-refractivity contribution in [3.8, 4) is 5.75 Å². The molecule has 0 aromatic heterocycles. The Morgan fingerprint density at radius 1 is 1.40 bits per heavy atom. The van der Waals surface area contributed by atoms with Gasteiger partial charge in [-0.05, 0) is 43.5 Å². The number of piperidine rings is 1. The summed E-state index contributed by atoms with van der Waals surface area (Å²) in [7, 11) is 0. The number of ether oxygens (including phenoxy) is 1. The largest absolute Gasteiger partial charge is 0.508 e. The van der Waals surface area contributed by atoms with Gasteiger partial charge in [-0.25, -0.2) is 0 Å². The first-order chi connectivity index (χ1) is 9.61. The number of aliphatic hydroxyl groups is 1. The van der Waals surface area contributed by atoms with Crippen LogP contribution in [-0.2, 0) is 4.74 Å². The molecule has 1 heterocycles. The highest BCUT2D eigenvalue weighted by atomic mass is 16.5. The average molecular weight is 279 g/mol. The Balaban J connectivity index is 1.94. The molecule has 0 radical (unpaired) electrons. The van der Waals surface area contributed by atoms with Crippen molar-refractivity contribution >= 4 is 5.91 Å². The number of aromatic hydroxyl groups is 1. The number of hydrogen-bond acceptors (Lipinski definition) is 4. The standard InChI is InChI=1S/C15H21NO4/c1-11-10-12(18)2-3-14(11)15(19)16-6-4-13(5-7-16)20-9-8-17/h2-3,10,13,17-18H,4-9H2,1H3. The second-order valence-electron chi connectivity index (χ2n) is 5.09. The van der Waals surface area contributed by atoms with Crippen LogP contribution in [0.2, 0.25) is 0 Å². The molecule has 1 aromatic carbocycles. The van der Waals surface area contributed by atoms with E-state index in [9.17, 15) is 9.90 Å². The molecule has 1 amide bonds. The average Bonchev–Trinajstić information content (AvgIpc) is 2.45. The van der Waals surface area contributed by atoms with Crippen LogP contribution < -0.4 is 0 Å². The van der Waals surface area contributed by atoms with E-state index in [1.165, 1.54) is 6.07 Å². The highest BCUT2D eigenvalue weighted by Gasteiger charge is 2.24. The summed E-state index contributed by atoms with van der Waals surface area (Å²) in [6.45, 7) is 3.54. The minimum absolute atomic E-state index is 0.00288. The van der Waals surface area contributed by atoms with E-state index >= 15 is 0 Å². The third-order valence-corrected chi connectivity index (χ3v) is 3.61. The first-order valence-electron chi connectivity index (χ1n) is 6.93. The Labute approximate surface area is 118 Å². The number of phenolic OH excluding ortho intramolecular Hbond substituents is 1. The molecule has 0 aliphatic carbocycles. The Kier molecular flexibility index (Phi) is 4.98. The molecule has 0 spiro atoms. The van der Waals surface area contributed by atoms with Crippen LogP contribution in [-0.4, -0.2) is 53.4 Å². The van der Waals surface area contributed by atoms with Gasteiger partial charge in [0.1, 0.15) is 5.75 Å². The second-order valence-corrected chi connectivity index (χ2v) is 5.09. The predicted molar refractivity (Wildman–Crippen MR) is 74.8 cm³/mol. The lowest BCUT2D eigenvalue weighted by Crippen LogP contribution is -2.41. The Morgan fingerprint density at radius 2 is 2.10 bits per heavy atom. The van der Waals surface area contributed by atoms with Crippen LogP contribution in [0, 0.1) is 6.92 Å². The summed E-state index contributed by atoms with van der Waals surface area (Å²) in [4.78, 5) is 14.2. The van der Waals surface area contributed by atoms with Crippen molar-refractivity contribution in [3.05, 3.63) is 29.3 Å². The lowest BCUT2D eigenvalue weighted by atomic mass is 10.0. The topological polar surface area (TPSA) is 70.0 Å². The number of likely N-dealkylation sites (tertiary alicyclic amines) is 1. The normalized spacial score (nSPS) is 16.4. The molecule has 1 aliphatic heterocycles. The van der Waals surface area contributed by atoms with E-state index in [1.807, 2.05) is 11.8 Å². The minimum atomic E-state index is 0.00288. The van der Waals surface area contributed by atoms with Crippen LogP contribution in [0.5, 0.6) is 5.75 Å². The van der Waals surface area contributed by atoms with Crippen LogP contribution in [0.1, 0.15) is 28.8 Å². The van der Waals surface area contributed by atoms with Crippen molar-refractivity contribution in [2.45, 2.75) is 25.9 Å². The molecule has 2 N–H and O–H groups in total. The molecule has 1 fully saturated rings. The van der Waals surface area contributed by atoms with Crippen molar-refractivity contribution in [1.82, 2.24) is 4.90 Å². The number of carbonyl (C=O) groups excluding carboxylic acids is 1. The summed E-state index contributed by atoms with van der Waals surface area (Å²) in [6.07, 6.45) is 1.72. The predicted octanol–water partition coefficient (Wildman–Crippen LogP) is 1.31. The van der Waals surface area contributed by atoms with Crippen LogP contribution in [0.25, 0.3) is 0 Å². The lowest BCUT2D eigenvalue weighted by Gasteiger charge is -2.32. The molecule has 0 bridgehead atoms. The van der Waals surface area contributed by atoms with Crippen molar-refractivity contribution in [2.75, 3.05) is 26.3 Å². The highest BCUT2D eigenvalue weighted by Crippen LogP contribution is 2.20. The Hall–Kier alpha value is -1.59. The van der Waals surface area contributed by atoms with Gasteiger partial charge in [-0.15, -0.1) is 0 Å². The van der Waals surface area contributed by atoms with E-state index in [0.29, 0.717) is 25.3 Å². The zero-order valence-corrected chi connectivity index (χ0v) is 11.7. The van der Waals surface area contributed by atoms with E-state index in [4.69, 9.17) is 9.84 Å². The lowest BCUT2D eigenvalue weighted by molar-refractivity contribution is -0.00555. The van der Waals surface area contributed by atoms with Crippen molar-refractivity contribution in [1.29, 1.82) is 0 Å². The van der Waals surface area contributed by atoms with Gasteiger partial charge in [-0.2, -0.15) is 0 Å². The summed E-state index contributed by atoms with van der Waals surface area (Å²) >= 11 is 0. The fourth-order valence-electron chi connectivity index (χ4n) is 2.50. The smallest absolute Gasteiger partial charge is 0.254 e. The van der Waals surface area contributed by atoms with Crippen molar-refractivity contribution in [2.24, 2.45) is 0 Å². The number of amides is 1. The molecule has 0 unspecified atom stereocenters. The maximum Gasteiger partial charge on any atom is 0.254 e. The van der Waals surface area contributed by atoms with Gasteiger partial charge in [-0.3, -0.25) is 4.79 Å². The zero-order chi connectivity index (χ0) is 14.5. The van der Waals surface area contributed by atoms with Gasteiger partial charge in [0.15, 0.2) is 0 Å². The van der Waals surface area contributed by atoms with E-state index in [1.54, 1.807) is 12.1 Å². The first-order valence-corrected chi connectivity index (χ1v) is 6.93. The van der Waals surface area contributed by atoms with Crippen LogP contribution in [0.3, 0.4) is 0 Å². The molecule has 2 rings (SSSR count). The van der Waals surface area contributed by atoms with Crippen LogP contribution in [0.4, 0.5) is 0 Å². The van der Waals surface area contributed by atoms with E-state index in [-0.39, 0.29) is 24.4 Å². The molecule has 1 aromatic rings. The van der Waals surface area contributed by atoms with E-state index in [2.05, 4.69) is 0 Å². The molecule has 0 saturated carbocycles. The molecular formula is C15H21NO4. The summed E-state index contributed by atoms with van der Waals surface area (Å²) in [6, 6.07) is 4.81. The number of hydrogen-bond donors (Lipinski definition) is 2. The van der Waals surface area contributed by atoms with Crippen molar-refractivity contribution in [3.63, 3.8) is 0 Å². The number of aryl methyl sites for hydroxylation is 1. The molecule has 1 aliphatic rings. The molecule has 1 saturated heterocycles. The number of phenols is 1. The third kappa shape index (κ3) is 3.49. The van der Waals surface area contributed by atoms with Crippen LogP contribution in [0.15, 0.2) is 18.2 Å². The SMILES string of the molecule is Cc1cc(O)ccc1C(=O)N1CCC(OCCO)CC1. The maximum atomic E-state index is 12.4. The maximum absolute atomic E-state index is 12.4. The van der Waals surface area contributed by atoms with E-state index in [0.717, 1.165) is 18.4 Å². The first kappa shape index (κ1) is 14.8. The second kappa shape index (κ2) is 6.72. The van der Waals surface area contributed by atoms with Gasteiger partial charge >= 0.3 is 0 Å². The minimum Gasteiger partial charge on any atom is -0.508 e. The molecule has 5 heteroatoms. The summed E-state index contributed by atoms with van der Waals surface area (Å²) < 4.78 is 5.48. The third-order valence-electron chi connectivity index (χ3n) is 3.61. The molecular weight excluding hydrogens is 258 g/mol. The van der Waals surface area contributed by atoms with Gasteiger partial charge in [-0.1, -0.05) is 0 Å².